The van der Waals surface area contributed by atoms with Crippen LogP contribution < -0.4 is 0 Å². The van der Waals surface area contributed by atoms with Gasteiger partial charge in [-0.3, -0.25) is 0 Å². The largest absolute Gasteiger partial charge is 0.478 e. The first kappa shape index (κ1) is 9.35. The van der Waals surface area contributed by atoms with Crippen molar-refractivity contribution in [2.75, 3.05) is 0 Å². The third-order valence-electron chi connectivity index (χ3n) is 0.876. The summed E-state index contributed by atoms with van der Waals surface area (Å²) in [6, 6.07) is 0. The Hall–Kier alpha value is -1.65. The molecule has 0 rings (SSSR count). The first-order chi connectivity index (χ1) is 5.07. The van der Waals surface area contributed by atoms with E-state index in [9.17, 15) is 14.4 Å². The van der Waals surface area contributed by atoms with Gasteiger partial charge in [0.05, 0.1) is 5.57 Å². The Kier molecular flexibility index (Phi) is 3.58. The molecule has 5 nitrogen and oxygen atoms in total. The van der Waals surface area contributed by atoms with E-state index in [4.69, 9.17) is 10.2 Å². The maximum absolute atomic E-state index is 10.1. The Morgan fingerprint density at radius 3 is 2.09 bits per heavy atom. The SMILES string of the molecule is O=CC/C(=C/C(=O)O)C(=O)O. The minimum atomic E-state index is -1.39. The smallest absolute Gasteiger partial charge is 0.332 e. The van der Waals surface area contributed by atoms with E-state index in [0.29, 0.717) is 12.4 Å². The van der Waals surface area contributed by atoms with Crippen LogP contribution in [0.5, 0.6) is 0 Å². The molecule has 0 aromatic heterocycles. The van der Waals surface area contributed by atoms with Crippen molar-refractivity contribution in [2.24, 2.45) is 0 Å². The van der Waals surface area contributed by atoms with E-state index in [0.717, 1.165) is 0 Å². The topological polar surface area (TPSA) is 91.7 Å². The van der Waals surface area contributed by atoms with Gasteiger partial charge in [0.2, 0.25) is 0 Å². The van der Waals surface area contributed by atoms with Crippen LogP contribution in [0.1, 0.15) is 6.42 Å². The highest BCUT2D eigenvalue weighted by Crippen LogP contribution is 1.97. The van der Waals surface area contributed by atoms with Gasteiger partial charge in [0.15, 0.2) is 0 Å². The number of rotatable bonds is 4. The number of aldehydes is 1. The Bertz CT molecular complexity index is 215. The van der Waals surface area contributed by atoms with Crippen molar-refractivity contribution in [3.05, 3.63) is 11.6 Å². The molecule has 11 heavy (non-hydrogen) atoms. The number of carboxylic acid groups (broad SMARTS) is 2. The number of hydrogen-bond acceptors (Lipinski definition) is 3. The Balaban J connectivity index is 4.44. The normalized spacial score (nSPS) is 10.7. The monoisotopic (exact) mass is 158 g/mol. The first-order valence-electron chi connectivity index (χ1n) is 2.68. The summed E-state index contributed by atoms with van der Waals surface area (Å²) >= 11 is 0. The molecule has 2 N–H and O–H groups in total. The lowest BCUT2D eigenvalue weighted by Gasteiger charge is -1.91. The molecule has 0 aliphatic rings. The molecule has 0 bridgehead atoms. The van der Waals surface area contributed by atoms with Gasteiger partial charge in [-0.2, -0.15) is 0 Å². The van der Waals surface area contributed by atoms with Crippen molar-refractivity contribution < 1.29 is 24.6 Å². The average molecular weight is 158 g/mol. The van der Waals surface area contributed by atoms with Gasteiger partial charge in [-0.25, -0.2) is 9.59 Å². The summed E-state index contributed by atoms with van der Waals surface area (Å²) < 4.78 is 0. The second-order valence-electron chi connectivity index (χ2n) is 1.68. The maximum atomic E-state index is 10.1. The molecule has 0 unspecified atom stereocenters. The van der Waals surface area contributed by atoms with Crippen LogP contribution in [0.4, 0.5) is 0 Å². The summed E-state index contributed by atoms with van der Waals surface area (Å²) in [5.41, 5.74) is -0.424. The van der Waals surface area contributed by atoms with E-state index in [2.05, 4.69) is 0 Å². The van der Waals surface area contributed by atoms with Gasteiger partial charge < -0.3 is 15.0 Å². The van der Waals surface area contributed by atoms with Crippen LogP contribution in [0.2, 0.25) is 0 Å². The van der Waals surface area contributed by atoms with E-state index in [1.807, 2.05) is 0 Å². The summed E-state index contributed by atoms with van der Waals surface area (Å²) in [5.74, 6) is -2.76. The number of hydrogen-bond donors (Lipinski definition) is 2. The van der Waals surface area contributed by atoms with E-state index in [-0.39, 0.29) is 6.42 Å². The van der Waals surface area contributed by atoms with Crippen molar-refractivity contribution in [3.8, 4) is 0 Å². The van der Waals surface area contributed by atoms with Crippen LogP contribution in [0.25, 0.3) is 0 Å². The Labute approximate surface area is 61.9 Å². The zero-order valence-electron chi connectivity index (χ0n) is 5.48. The van der Waals surface area contributed by atoms with Crippen LogP contribution >= 0.6 is 0 Å². The third-order valence-corrected chi connectivity index (χ3v) is 0.876. The lowest BCUT2D eigenvalue weighted by molar-refractivity contribution is -0.135. The lowest BCUT2D eigenvalue weighted by atomic mass is 10.2. The van der Waals surface area contributed by atoms with Gasteiger partial charge in [0, 0.05) is 12.5 Å². The Morgan fingerprint density at radius 2 is 1.82 bits per heavy atom. The molecule has 0 amide bonds. The number of carboxylic acids is 2. The molecule has 60 valence electrons. The van der Waals surface area contributed by atoms with Crippen molar-refractivity contribution in [3.63, 3.8) is 0 Å². The molecule has 0 aliphatic heterocycles. The molecule has 0 heterocycles. The van der Waals surface area contributed by atoms with E-state index >= 15 is 0 Å². The van der Waals surface area contributed by atoms with Crippen molar-refractivity contribution in [1.82, 2.24) is 0 Å². The second-order valence-corrected chi connectivity index (χ2v) is 1.68. The number of carbonyl (C=O) groups excluding carboxylic acids is 1. The van der Waals surface area contributed by atoms with Gasteiger partial charge in [-0.05, 0) is 0 Å². The van der Waals surface area contributed by atoms with E-state index in [1.54, 1.807) is 0 Å². The molecule has 5 heteroatoms. The third kappa shape index (κ3) is 3.85. The molecule has 0 spiro atoms. The van der Waals surface area contributed by atoms with Crippen molar-refractivity contribution >= 4 is 18.2 Å². The molecule has 0 radical (unpaired) electrons. The molecule has 0 aromatic rings. The molecule has 0 saturated carbocycles. The fraction of sp³-hybridized carbons (Fsp3) is 0.167. The lowest BCUT2D eigenvalue weighted by Crippen LogP contribution is -2.04. The highest BCUT2D eigenvalue weighted by molar-refractivity contribution is 5.96. The highest BCUT2D eigenvalue weighted by Gasteiger charge is 2.07. The fourth-order valence-corrected chi connectivity index (χ4v) is 0.447. The average Bonchev–Trinajstić information content (AvgIpc) is 1.86. The minimum Gasteiger partial charge on any atom is -0.478 e. The van der Waals surface area contributed by atoms with E-state index in [1.165, 1.54) is 0 Å². The molecular formula is C6H6O5. The molecule has 0 saturated heterocycles. The minimum absolute atomic E-state index is 0.336. The standard InChI is InChI=1S/C6H6O5/c7-2-1-4(6(10)11)3-5(8)9/h2-3H,1H2,(H,8,9)(H,10,11)/b4-3-. The molecule has 0 fully saturated rings. The molecule has 0 aromatic carbocycles. The summed E-state index contributed by atoms with van der Waals surface area (Å²) in [7, 11) is 0. The van der Waals surface area contributed by atoms with Gasteiger partial charge in [0.25, 0.3) is 0 Å². The number of aliphatic carboxylic acids is 2. The number of carbonyl (C=O) groups is 3. The zero-order valence-corrected chi connectivity index (χ0v) is 5.48. The predicted molar refractivity (Wildman–Crippen MR) is 34.0 cm³/mol. The first-order valence-corrected chi connectivity index (χ1v) is 2.68. The zero-order chi connectivity index (χ0) is 8.85. The fourth-order valence-electron chi connectivity index (χ4n) is 0.447. The molecular weight excluding hydrogens is 152 g/mol. The van der Waals surface area contributed by atoms with Crippen LogP contribution in [-0.4, -0.2) is 28.4 Å². The predicted octanol–water partition coefficient (Wildman–Crippen LogP) is -0.329. The summed E-state index contributed by atoms with van der Waals surface area (Å²) in [6.07, 6.45) is 0.446. The highest BCUT2D eigenvalue weighted by atomic mass is 16.4. The van der Waals surface area contributed by atoms with Crippen LogP contribution in [-0.2, 0) is 14.4 Å². The summed E-state index contributed by atoms with van der Waals surface area (Å²) in [5, 5.41) is 16.4. The van der Waals surface area contributed by atoms with Gasteiger partial charge >= 0.3 is 11.9 Å². The second kappa shape index (κ2) is 4.21. The van der Waals surface area contributed by atoms with Gasteiger partial charge in [-0.1, -0.05) is 0 Å². The van der Waals surface area contributed by atoms with Crippen molar-refractivity contribution in [2.45, 2.75) is 6.42 Å². The molecule has 0 aliphatic carbocycles. The van der Waals surface area contributed by atoms with E-state index < -0.39 is 17.5 Å². The van der Waals surface area contributed by atoms with Crippen LogP contribution in [0.3, 0.4) is 0 Å². The van der Waals surface area contributed by atoms with Crippen LogP contribution in [0, 0.1) is 0 Å². The Morgan fingerprint density at radius 1 is 1.27 bits per heavy atom. The maximum Gasteiger partial charge on any atom is 0.332 e. The summed E-state index contributed by atoms with van der Waals surface area (Å²) in [4.78, 5) is 29.9. The summed E-state index contributed by atoms with van der Waals surface area (Å²) in [6.45, 7) is 0. The van der Waals surface area contributed by atoms with Crippen molar-refractivity contribution in [1.29, 1.82) is 0 Å². The van der Waals surface area contributed by atoms with Crippen LogP contribution in [0.15, 0.2) is 11.6 Å². The van der Waals surface area contributed by atoms with Gasteiger partial charge in [0.1, 0.15) is 6.29 Å². The quantitative estimate of drug-likeness (QED) is 0.431. The molecule has 0 atom stereocenters. The van der Waals surface area contributed by atoms with Gasteiger partial charge in [-0.15, -0.1) is 0 Å².